The van der Waals surface area contributed by atoms with E-state index in [0.717, 1.165) is 12.3 Å². The van der Waals surface area contributed by atoms with Crippen molar-refractivity contribution in [3.63, 3.8) is 0 Å². The Morgan fingerprint density at radius 2 is 2.07 bits per heavy atom. The summed E-state index contributed by atoms with van der Waals surface area (Å²) in [5, 5.41) is 0. The van der Waals surface area contributed by atoms with E-state index in [9.17, 15) is 17.4 Å². The Labute approximate surface area is 81.6 Å². The first-order chi connectivity index (χ1) is 6.45. The lowest BCUT2D eigenvalue weighted by Crippen LogP contribution is -2.07. The number of hydrogen-bond donors (Lipinski definition) is 0. The van der Waals surface area contributed by atoms with Crippen molar-refractivity contribution in [1.82, 2.24) is 4.98 Å². The Morgan fingerprint density at radius 3 is 2.57 bits per heavy atom. The van der Waals surface area contributed by atoms with Crippen LogP contribution in [0.4, 0.5) is 13.2 Å². The Balaban J connectivity index is 3.08. The molecule has 1 atom stereocenters. The normalized spacial score (nSPS) is 14.0. The quantitative estimate of drug-likeness (QED) is 0.769. The van der Waals surface area contributed by atoms with Crippen molar-refractivity contribution in [2.75, 3.05) is 5.75 Å². The first kappa shape index (κ1) is 11.2. The highest BCUT2D eigenvalue weighted by atomic mass is 32.2. The molecule has 6 heteroatoms. The van der Waals surface area contributed by atoms with Gasteiger partial charge in [-0.05, 0) is 6.07 Å². The van der Waals surface area contributed by atoms with Gasteiger partial charge in [0.25, 0.3) is 0 Å². The molecule has 0 saturated heterocycles. The van der Waals surface area contributed by atoms with Crippen LogP contribution in [0.5, 0.6) is 0 Å². The molecule has 0 aliphatic rings. The molecule has 14 heavy (non-hydrogen) atoms. The fourth-order valence-corrected chi connectivity index (χ4v) is 1.64. The van der Waals surface area contributed by atoms with Gasteiger partial charge in [0, 0.05) is 18.1 Å². The number of rotatable bonds is 2. The zero-order valence-electron chi connectivity index (χ0n) is 7.34. The lowest BCUT2D eigenvalue weighted by atomic mass is 10.3. The van der Waals surface area contributed by atoms with Gasteiger partial charge in [-0.1, -0.05) is 6.92 Å². The van der Waals surface area contributed by atoms with Crippen LogP contribution < -0.4 is 0 Å². The second kappa shape index (κ2) is 4.08. The van der Waals surface area contributed by atoms with Gasteiger partial charge in [0.2, 0.25) is 0 Å². The first-order valence-corrected chi connectivity index (χ1v) is 5.17. The van der Waals surface area contributed by atoms with Crippen LogP contribution in [-0.2, 0) is 17.0 Å². The van der Waals surface area contributed by atoms with Gasteiger partial charge < -0.3 is 0 Å². The number of nitrogens with zero attached hydrogens (tertiary/aromatic N) is 1. The zero-order valence-corrected chi connectivity index (χ0v) is 8.15. The first-order valence-electron chi connectivity index (χ1n) is 3.85. The summed E-state index contributed by atoms with van der Waals surface area (Å²) in [6, 6.07) is 0.868. The molecule has 0 amide bonds. The van der Waals surface area contributed by atoms with E-state index in [-0.39, 0.29) is 10.6 Å². The highest BCUT2D eigenvalue weighted by Crippen LogP contribution is 2.29. The van der Waals surface area contributed by atoms with Crippen molar-refractivity contribution in [2.45, 2.75) is 18.0 Å². The summed E-state index contributed by atoms with van der Waals surface area (Å²) >= 11 is 0. The summed E-state index contributed by atoms with van der Waals surface area (Å²) in [6.07, 6.45) is -2.52. The van der Waals surface area contributed by atoms with Crippen molar-refractivity contribution >= 4 is 10.8 Å². The van der Waals surface area contributed by atoms with E-state index >= 15 is 0 Å². The molecule has 2 nitrogen and oxygen atoms in total. The van der Waals surface area contributed by atoms with E-state index in [1.54, 1.807) is 6.92 Å². The van der Waals surface area contributed by atoms with Gasteiger partial charge in [-0.3, -0.25) is 9.19 Å². The molecule has 0 radical (unpaired) electrons. The molecule has 78 valence electrons. The number of aromatic nitrogens is 1. The Hall–Kier alpha value is -0.910. The van der Waals surface area contributed by atoms with E-state index in [2.05, 4.69) is 4.98 Å². The summed E-state index contributed by atoms with van der Waals surface area (Å²) in [5.74, 6) is 0.281. The predicted molar refractivity (Wildman–Crippen MR) is 46.2 cm³/mol. The van der Waals surface area contributed by atoms with E-state index in [1.807, 2.05) is 0 Å². The average Bonchev–Trinajstić information content (AvgIpc) is 2.15. The van der Waals surface area contributed by atoms with Gasteiger partial charge in [-0.25, -0.2) is 0 Å². The van der Waals surface area contributed by atoms with E-state index in [1.165, 1.54) is 6.20 Å². The molecule has 1 heterocycles. The fraction of sp³-hybridized carbons (Fsp3) is 0.375. The third-order valence-corrected chi connectivity index (χ3v) is 2.84. The topological polar surface area (TPSA) is 30.0 Å². The molecule has 0 spiro atoms. The number of halogens is 3. The highest BCUT2D eigenvalue weighted by Gasteiger charge is 2.31. The summed E-state index contributed by atoms with van der Waals surface area (Å²) < 4.78 is 47.8. The monoisotopic (exact) mass is 223 g/mol. The average molecular weight is 223 g/mol. The van der Waals surface area contributed by atoms with Crippen molar-refractivity contribution < 1.29 is 17.4 Å². The van der Waals surface area contributed by atoms with Crippen LogP contribution in [0.25, 0.3) is 0 Å². The van der Waals surface area contributed by atoms with E-state index in [4.69, 9.17) is 0 Å². The summed E-state index contributed by atoms with van der Waals surface area (Å²) in [6.45, 7) is 1.64. The fourth-order valence-electron chi connectivity index (χ4n) is 0.865. The van der Waals surface area contributed by atoms with Gasteiger partial charge in [-0.15, -0.1) is 0 Å². The van der Waals surface area contributed by atoms with Gasteiger partial charge in [0.1, 0.15) is 0 Å². The summed E-state index contributed by atoms with van der Waals surface area (Å²) in [5.41, 5.74) is -0.864. The molecule has 1 unspecified atom stereocenters. The van der Waals surface area contributed by atoms with Crippen LogP contribution in [0.2, 0.25) is 0 Å². The van der Waals surface area contributed by atoms with Crippen LogP contribution in [0.3, 0.4) is 0 Å². The van der Waals surface area contributed by atoms with Crippen LogP contribution in [0.15, 0.2) is 23.4 Å². The van der Waals surface area contributed by atoms with Crippen molar-refractivity contribution in [3.8, 4) is 0 Å². The molecular formula is C8H8F3NOS. The molecular weight excluding hydrogens is 215 g/mol. The van der Waals surface area contributed by atoms with Crippen molar-refractivity contribution in [1.29, 1.82) is 0 Å². The van der Waals surface area contributed by atoms with E-state index < -0.39 is 22.5 Å². The van der Waals surface area contributed by atoms with Gasteiger partial charge >= 0.3 is 6.18 Å². The molecule has 0 N–H and O–H groups in total. The smallest absolute Gasteiger partial charge is 0.263 e. The molecule has 0 aliphatic heterocycles. The SMILES string of the molecule is CCS(=O)c1cncc(C(F)(F)F)c1. The van der Waals surface area contributed by atoms with Gasteiger partial charge in [0.15, 0.2) is 0 Å². The largest absolute Gasteiger partial charge is 0.417 e. The Kier molecular flexibility index (Phi) is 3.25. The Morgan fingerprint density at radius 1 is 1.43 bits per heavy atom. The summed E-state index contributed by atoms with van der Waals surface area (Å²) in [4.78, 5) is 3.52. The van der Waals surface area contributed by atoms with Crippen molar-refractivity contribution in [2.24, 2.45) is 0 Å². The minimum Gasteiger partial charge on any atom is -0.263 e. The lowest BCUT2D eigenvalue weighted by molar-refractivity contribution is -0.138. The van der Waals surface area contributed by atoms with Crippen LogP contribution in [-0.4, -0.2) is 14.9 Å². The summed E-state index contributed by atoms with van der Waals surface area (Å²) in [7, 11) is -1.40. The van der Waals surface area contributed by atoms with Crippen LogP contribution >= 0.6 is 0 Å². The molecule has 0 saturated carbocycles. The molecule has 1 aromatic rings. The molecule has 0 aromatic carbocycles. The lowest BCUT2D eigenvalue weighted by Gasteiger charge is -2.06. The molecule has 1 rings (SSSR count). The van der Waals surface area contributed by atoms with E-state index in [0.29, 0.717) is 0 Å². The maximum absolute atomic E-state index is 12.2. The van der Waals surface area contributed by atoms with Gasteiger partial charge in [-0.2, -0.15) is 13.2 Å². The zero-order chi connectivity index (χ0) is 10.8. The number of pyridine rings is 1. The number of hydrogen-bond acceptors (Lipinski definition) is 2. The van der Waals surface area contributed by atoms with Crippen LogP contribution in [0.1, 0.15) is 12.5 Å². The minimum absolute atomic E-state index is 0.113. The number of alkyl halides is 3. The third kappa shape index (κ3) is 2.54. The molecule has 0 bridgehead atoms. The third-order valence-electron chi connectivity index (χ3n) is 1.57. The maximum atomic E-state index is 12.2. The van der Waals surface area contributed by atoms with Gasteiger partial charge in [0.05, 0.1) is 21.3 Å². The highest BCUT2D eigenvalue weighted by molar-refractivity contribution is 7.85. The standard InChI is InChI=1S/C8H8F3NOS/c1-2-14(13)7-3-6(4-12-5-7)8(9,10)11/h3-5H,2H2,1H3. The minimum atomic E-state index is -4.43. The van der Waals surface area contributed by atoms with Crippen LogP contribution in [0, 0.1) is 0 Å². The maximum Gasteiger partial charge on any atom is 0.417 e. The molecule has 1 aromatic heterocycles. The van der Waals surface area contributed by atoms with Crippen molar-refractivity contribution in [3.05, 3.63) is 24.0 Å². The second-order valence-corrected chi connectivity index (χ2v) is 4.28. The predicted octanol–water partition coefficient (Wildman–Crippen LogP) is 2.23. The molecule has 0 fully saturated rings. The molecule has 0 aliphatic carbocycles. The Bertz CT molecular complexity index is 351. The second-order valence-electron chi connectivity index (χ2n) is 2.54.